The molecular formula is C24H25F2N5O4S. The number of rotatable bonds is 7. The molecule has 0 saturated heterocycles. The van der Waals surface area contributed by atoms with Gasteiger partial charge in [-0.1, -0.05) is 0 Å². The van der Waals surface area contributed by atoms with Crippen LogP contribution in [0.25, 0.3) is 11.4 Å². The number of amides is 2. The molecule has 5 N–H and O–H groups in total. The summed E-state index contributed by atoms with van der Waals surface area (Å²) in [5.41, 5.74) is 6.28. The van der Waals surface area contributed by atoms with Gasteiger partial charge in [-0.25, -0.2) is 32.0 Å². The van der Waals surface area contributed by atoms with Crippen molar-refractivity contribution in [1.82, 2.24) is 15.3 Å². The fraction of sp³-hybridized carbons (Fsp3) is 0.292. The first kappa shape index (κ1) is 25.5. The molecule has 0 bridgehead atoms. The van der Waals surface area contributed by atoms with E-state index in [9.17, 15) is 27.1 Å². The van der Waals surface area contributed by atoms with Crippen LogP contribution in [0.15, 0.2) is 53.4 Å². The maximum atomic E-state index is 13.7. The summed E-state index contributed by atoms with van der Waals surface area (Å²) in [6.07, 6.45) is 0.428. The van der Waals surface area contributed by atoms with Crippen molar-refractivity contribution in [3.63, 3.8) is 0 Å². The zero-order valence-electron chi connectivity index (χ0n) is 19.5. The minimum atomic E-state index is -4.18. The van der Waals surface area contributed by atoms with E-state index in [-0.39, 0.29) is 36.8 Å². The molecule has 1 heterocycles. The van der Waals surface area contributed by atoms with Gasteiger partial charge >= 0.3 is 6.03 Å². The van der Waals surface area contributed by atoms with Crippen LogP contribution in [0.4, 0.5) is 25.1 Å². The minimum Gasteiger partial charge on any atom is -0.394 e. The number of sulfone groups is 1. The Kier molecular flexibility index (Phi) is 6.43. The van der Waals surface area contributed by atoms with Crippen molar-refractivity contribution in [2.75, 3.05) is 17.7 Å². The highest BCUT2D eigenvalue weighted by molar-refractivity contribution is 7.92. The van der Waals surface area contributed by atoms with E-state index in [1.165, 1.54) is 6.07 Å². The molecule has 0 unspecified atom stereocenters. The highest BCUT2D eigenvalue weighted by atomic mass is 32.2. The maximum absolute atomic E-state index is 13.7. The number of carbonyl (C=O) groups is 1. The number of urea groups is 1. The first-order valence-electron chi connectivity index (χ1n) is 11.0. The summed E-state index contributed by atoms with van der Waals surface area (Å²) in [6.45, 7) is 3.10. The van der Waals surface area contributed by atoms with Gasteiger partial charge in [0.2, 0.25) is 0 Å². The van der Waals surface area contributed by atoms with Crippen molar-refractivity contribution in [2.24, 2.45) is 0 Å². The van der Waals surface area contributed by atoms with Crippen LogP contribution in [-0.4, -0.2) is 41.7 Å². The lowest BCUT2D eigenvalue weighted by atomic mass is 10.1. The van der Waals surface area contributed by atoms with Gasteiger partial charge in [0.25, 0.3) is 0 Å². The molecule has 2 aromatic carbocycles. The van der Waals surface area contributed by atoms with E-state index in [2.05, 4.69) is 20.6 Å². The lowest BCUT2D eigenvalue weighted by Crippen LogP contribution is -2.48. The molecule has 2 amide bonds. The number of benzene rings is 2. The third-order valence-electron chi connectivity index (χ3n) is 5.83. The average Bonchev–Trinajstić information content (AvgIpc) is 3.61. The van der Waals surface area contributed by atoms with Crippen LogP contribution in [0, 0.1) is 11.6 Å². The van der Waals surface area contributed by atoms with E-state index in [1.54, 1.807) is 38.1 Å². The summed E-state index contributed by atoms with van der Waals surface area (Å²) >= 11 is 0. The number of anilines is 2. The summed E-state index contributed by atoms with van der Waals surface area (Å²) in [6, 6.07) is 9.49. The van der Waals surface area contributed by atoms with E-state index in [1.807, 2.05) is 0 Å². The SMILES string of the molecule is CC(C)(CO)NC(=O)Nc1ccc(-c2nc(N)cc(C3(S(=O)(=O)c4cc(F)cc(F)c4)CC3)n2)cc1. The molecule has 36 heavy (non-hydrogen) atoms. The molecule has 1 saturated carbocycles. The van der Waals surface area contributed by atoms with Gasteiger partial charge in [0, 0.05) is 23.4 Å². The number of aliphatic hydroxyl groups excluding tert-OH is 1. The van der Waals surface area contributed by atoms with Gasteiger partial charge in [0.1, 0.15) is 22.2 Å². The molecule has 0 spiro atoms. The van der Waals surface area contributed by atoms with Gasteiger partial charge in [-0.15, -0.1) is 0 Å². The van der Waals surface area contributed by atoms with E-state index < -0.39 is 42.7 Å². The van der Waals surface area contributed by atoms with Crippen molar-refractivity contribution >= 4 is 27.4 Å². The lowest BCUT2D eigenvalue weighted by molar-refractivity contribution is 0.187. The molecular weight excluding hydrogens is 492 g/mol. The highest BCUT2D eigenvalue weighted by Gasteiger charge is 2.58. The monoisotopic (exact) mass is 517 g/mol. The van der Waals surface area contributed by atoms with Crippen LogP contribution in [0.5, 0.6) is 0 Å². The molecule has 3 aromatic rings. The van der Waals surface area contributed by atoms with Crippen molar-refractivity contribution < 1.29 is 27.1 Å². The molecule has 9 nitrogen and oxygen atoms in total. The van der Waals surface area contributed by atoms with Crippen LogP contribution in [0.3, 0.4) is 0 Å². The smallest absolute Gasteiger partial charge is 0.319 e. The van der Waals surface area contributed by atoms with Gasteiger partial charge in [0.15, 0.2) is 15.7 Å². The second-order valence-electron chi connectivity index (χ2n) is 9.30. The van der Waals surface area contributed by atoms with Gasteiger partial charge in [-0.2, -0.15) is 0 Å². The minimum absolute atomic E-state index is 0.0368. The number of nitrogens with one attached hydrogen (secondary N) is 2. The van der Waals surface area contributed by atoms with Crippen molar-refractivity contribution in [3.05, 3.63) is 65.9 Å². The highest BCUT2D eigenvalue weighted by Crippen LogP contribution is 2.55. The molecule has 0 radical (unpaired) electrons. The van der Waals surface area contributed by atoms with E-state index in [0.717, 1.165) is 12.1 Å². The van der Waals surface area contributed by atoms with Crippen LogP contribution < -0.4 is 16.4 Å². The van der Waals surface area contributed by atoms with Crippen molar-refractivity contribution in [3.8, 4) is 11.4 Å². The van der Waals surface area contributed by atoms with E-state index in [4.69, 9.17) is 5.73 Å². The largest absolute Gasteiger partial charge is 0.394 e. The third kappa shape index (κ3) is 5.00. The number of hydrogen-bond donors (Lipinski definition) is 4. The Morgan fingerprint density at radius 1 is 1.08 bits per heavy atom. The first-order valence-corrected chi connectivity index (χ1v) is 12.5. The molecule has 0 aliphatic heterocycles. The summed E-state index contributed by atoms with van der Waals surface area (Å²) in [5.74, 6) is -1.78. The van der Waals surface area contributed by atoms with Crippen LogP contribution >= 0.6 is 0 Å². The second kappa shape index (κ2) is 9.10. The average molecular weight is 518 g/mol. The Hall–Kier alpha value is -3.64. The summed E-state index contributed by atoms with van der Waals surface area (Å²) in [7, 11) is -4.18. The number of nitrogens with zero attached hydrogens (tertiary/aromatic N) is 2. The summed E-state index contributed by atoms with van der Waals surface area (Å²) in [4.78, 5) is 20.3. The Morgan fingerprint density at radius 3 is 2.25 bits per heavy atom. The van der Waals surface area contributed by atoms with Gasteiger partial charge in [-0.05, 0) is 63.1 Å². The fourth-order valence-corrected chi connectivity index (χ4v) is 5.73. The predicted octanol–water partition coefficient (Wildman–Crippen LogP) is 3.36. The Labute approximate surface area is 206 Å². The quantitative estimate of drug-likeness (QED) is 0.376. The van der Waals surface area contributed by atoms with Crippen LogP contribution in [-0.2, 0) is 14.6 Å². The third-order valence-corrected chi connectivity index (χ3v) is 8.33. The molecule has 1 fully saturated rings. The summed E-state index contributed by atoms with van der Waals surface area (Å²) in [5, 5.41) is 14.6. The fourth-order valence-electron chi connectivity index (χ4n) is 3.73. The molecule has 12 heteroatoms. The van der Waals surface area contributed by atoms with Crippen LogP contribution in [0.2, 0.25) is 0 Å². The lowest BCUT2D eigenvalue weighted by Gasteiger charge is -2.23. The molecule has 190 valence electrons. The van der Waals surface area contributed by atoms with Gasteiger partial charge < -0.3 is 21.5 Å². The Bertz CT molecular complexity index is 1400. The van der Waals surface area contributed by atoms with E-state index in [0.29, 0.717) is 17.3 Å². The van der Waals surface area contributed by atoms with Crippen molar-refractivity contribution in [2.45, 2.75) is 41.9 Å². The zero-order valence-corrected chi connectivity index (χ0v) is 20.4. The first-order chi connectivity index (χ1) is 16.8. The molecule has 0 atom stereocenters. The standard InChI is InChI=1S/C24H25F2N5O4S/c1-23(2,13-32)31-22(33)28-17-5-3-14(4-6-17)21-29-19(12-20(27)30-21)24(7-8-24)36(34,35)18-10-15(25)9-16(26)11-18/h3-6,9-12,32H,7-8,13H2,1-2H3,(H2,27,29,30)(H2,28,31,33). The number of nitrogens with two attached hydrogens (primary N) is 1. The Balaban J connectivity index is 1.62. The topological polar surface area (TPSA) is 147 Å². The predicted molar refractivity (Wildman–Crippen MR) is 130 cm³/mol. The molecule has 1 aliphatic rings. The number of hydrogen-bond acceptors (Lipinski definition) is 7. The Morgan fingerprint density at radius 2 is 1.69 bits per heavy atom. The summed E-state index contributed by atoms with van der Waals surface area (Å²) < 4.78 is 52.7. The van der Waals surface area contributed by atoms with Gasteiger partial charge in [-0.3, -0.25) is 0 Å². The normalized spacial score (nSPS) is 14.8. The number of halogens is 2. The van der Waals surface area contributed by atoms with E-state index >= 15 is 0 Å². The number of carbonyl (C=O) groups excluding carboxylic acids is 1. The van der Waals surface area contributed by atoms with Crippen molar-refractivity contribution in [1.29, 1.82) is 0 Å². The molecule has 4 rings (SSSR count). The maximum Gasteiger partial charge on any atom is 0.319 e. The van der Waals surface area contributed by atoms with Crippen LogP contribution in [0.1, 0.15) is 32.4 Å². The number of aliphatic hydroxyl groups is 1. The van der Waals surface area contributed by atoms with Gasteiger partial charge in [0.05, 0.1) is 22.7 Å². The number of aromatic nitrogens is 2. The molecule has 1 aliphatic carbocycles. The molecule has 1 aromatic heterocycles. The second-order valence-corrected chi connectivity index (χ2v) is 11.6. The number of nitrogen functional groups attached to an aromatic ring is 1. The zero-order chi connectivity index (χ0) is 26.3.